The van der Waals surface area contributed by atoms with Crippen molar-refractivity contribution < 1.29 is 13.2 Å². The third-order valence-electron chi connectivity index (χ3n) is 4.03. The quantitative estimate of drug-likeness (QED) is 0.891. The predicted molar refractivity (Wildman–Crippen MR) is 78.1 cm³/mol. The normalized spacial score (nSPS) is 22.2. The van der Waals surface area contributed by atoms with Crippen molar-refractivity contribution >= 4 is 0 Å². The van der Waals surface area contributed by atoms with Crippen LogP contribution in [0.15, 0.2) is 30.3 Å². The van der Waals surface area contributed by atoms with Crippen molar-refractivity contribution in [3.63, 3.8) is 0 Å². The molecule has 2 unspecified atom stereocenters. The lowest BCUT2D eigenvalue weighted by Gasteiger charge is -2.35. The fraction of sp³-hybridized carbons (Fsp3) is 0.625. The summed E-state index contributed by atoms with van der Waals surface area (Å²) in [5.74, 6) is 0. The number of likely N-dealkylation sites (tertiary alicyclic amines) is 1. The van der Waals surface area contributed by atoms with Gasteiger partial charge in [0.15, 0.2) is 0 Å². The first kappa shape index (κ1) is 16.3. The molecule has 0 amide bonds. The summed E-state index contributed by atoms with van der Waals surface area (Å²) in [6.45, 7) is 4.92. The van der Waals surface area contributed by atoms with E-state index in [1.165, 1.54) is 0 Å². The van der Waals surface area contributed by atoms with Gasteiger partial charge in [0, 0.05) is 18.6 Å². The van der Waals surface area contributed by atoms with E-state index in [1.54, 1.807) is 24.3 Å². The highest BCUT2D eigenvalue weighted by Gasteiger charge is 2.34. The van der Waals surface area contributed by atoms with Gasteiger partial charge in [-0.2, -0.15) is 13.2 Å². The number of nitrogens with one attached hydrogen (secondary N) is 1. The molecule has 21 heavy (non-hydrogen) atoms. The van der Waals surface area contributed by atoms with Crippen LogP contribution >= 0.6 is 0 Å². The highest BCUT2D eigenvalue weighted by molar-refractivity contribution is 5.19. The minimum atomic E-state index is -4.16. The Morgan fingerprint density at radius 3 is 2.62 bits per heavy atom. The smallest absolute Gasteiger partial charge is 0.306 e. The zero-order chi connectivity index (χ0) is 15.3. The third kappa shape index (κ3) is 5.32. The summed E-state index contributed by atoms with van der Waals surface area (Å²) >= 11 is 0. The molecule has 0 radical (unpaired) electrons. The molecule has 0 saturated carbocycles. The fourth-order valence-corrected chi connectivity index (χ4v) is 2.95. The topological polar surface area (TPSA) is 15.3 Å². The first-order valence-electron chi connectivity index (χ1n) is 7.58. The van der Waals surface area contributed by atoms with E-state index in [4.69, 9.17) is 0 Å². The minimum absolute atomic E-state index is 0.131. The van der Waals surface area contributed by atoms with Gasteiger partial charge in [0.1, 0.15) is 0 Å². The summed E-state index contributed by atoms with van der Waals surface area (Å²) in [6, 6.07) is 8.42. The molecule has 1 aromatic rings. The van der Waals surface area contributed by atoms with E-state index in [0.717, 1.165) is 32.5 Å². The Balaban J connectivity index is 2.05. The molecule has 2 nitrogen and oxygen atoms in total. The predicted octanol–water partition coefficient (Wildman–Crippen LogP) is 3.75. The van der Waals surface area contributed by atoms with Gasteiger partial charge in [0.2, 0.25) is 0 Å². The second kappa shape index (κ2) is 7.27. The van der Waals surface area contributed by atoms with Gasteiger partial charge >= 0.3 is 6.18 Å². The van der Waals surface area contributed by atoms with E-state index < -0.39 is 18.6 Å². The SMILES string of the molecule is CCN1CCCC(NC(CC(F)(F)F)c2ccccc2)C1. The summed E-state index contributed by atoms with van der Waals surface area (Å²) in [4.78, 5) is 2.29. The van der Waals surface area contributed by atoms with Crippen LogP contribution in [0.25, 0.3) is 0 Å². The van der Waals surface area contributed by atoms with Crippen molar-refractivity contribution in [1.29, 1.82) is 0 Å². The maximum Gasteiger partial charge on any atom is 0.390 e. The maximum absolute atomic E-state index is 12.8. The average Bonchev–Trinajstić information content (AvgIpc) is 2.46. The van der Waals surface area contributed by atoms with E-state index in [2.05, 4.69) is 17.1 Å². The molecule has 1 fully saturated rings. The van der Waals surface area contributed by atoms with Gasteiger partial charge in [0.05, 0.1) is 6.42 Å². The number of piperidine rings is 1. The number of hydrogen-bond acceptors (Lipinski definition) is 2. The highest BCUT2D eigenvalue weighted by Crippen LogP contribution is 2.30. The van der Waals surface area contributed by atoms with E-state index in [0.29, 0.717) is 5.56 Å². The van der Waals surface area contributed by atoms with Gasteiger partial charge in [-0.1, -0.05) is 37.3 Å². The number of benzene rings is 1. The lowest BCUT2D eigenvalue weighted by molar-refractivity contribution is -0.141. The van der Waals surface area contributed by atoms with Crippen molar-refractivity contribution in [2.75, 3.05) is 19.6 Å². The van der Waals surface area contributed by atoms with Crippen molar-refractivity contribution in [3.8, 4) is 0 Å². The number of halogens is 3. The van der Waals surface area contributed by atoms with Gasteiger partial charge in [-0.25, -0.2) is 0 Å². The first-order chi connectivity index (χ1) is 9.98. The largest absolute Gasteiger partial charge is 0.390 e. The highest BCUT2D eigenvalue weighted by atomic mass is 19.4. The molecule has 2 atom stereocenters. The lowest BCUT2D eigenvalue weighted by Crippen LogP contribution is -2.47. The molecule has 1 saturated heterocycles. The monoisotopic (exact) mass is 300 g/mol. The van der Waals surface area contributed by atoms with Crippen LogP contribution in [0, 0.1) is 0 Å². The molecule has 1 aromatic carbocycles. The van der Waals surface area contributed by atoms with Crippen LogP contribution in [0.2, 0.25) is 0 Å². The van der Waals surface area contributed by atoms with Crippen LogP contribution in [-0.2, 0) is 0 Å². The van der Waals surface area contributed by atoms with Crippen LogP contribution in [0.5, 0.6) is 0 Å². The van der Waals surface area contributed by atoms with Gasteiger partial charge in [-0.15, -0.1) is 0 Å². The standard InChI is InChI=1S/C16H23F3N2/c1-2-21-10-6-9-14(12-21)20-15(11-16(17,18)19)13-7-4-3-5-8-13/h3-5,7-8,14-15,20H,2,6,9-12H2,1H3. The molecule has 118 valence electrons. The molecular weight excluding hydrogens is 277 g/mol. The van der Waals surface area contributed by atoms with Crippen molar-refractivity contribution in [2.24, 2.45) is 0 Å². The van der Waals surface area contributed by atoms with Crippen LogP contribution in [0.1, 0.15) is 37.8 Å². The molecule has 1 N–H and O–H groups in total. The molecule has 1 aliphatic rings. The molecular formula is C16H23F3N2. The first-order valence-corrected chi connectivity index (χ1v) is 7.58. The average molecular weight is 300 g/mol. The van der Waals surface area contributed by atoms with Crippen molar-refractivity contribution in [1.82, 2.24) is 10.2 Å². The molecule has 1 heterocycles. The zero-order valence-corrected chi connectivity index (χ0v) is 12.4. The van der Waals surface area contributed by atoms with Gasteiger partial charge in [-0.3, -0.25) is 0 Å². The summed E-state index contributed by atoms with van der Waals surface area (Å²) in [5, 5.41) is 3.23. The van der Waals surface area contributed by atoms with Crippen molar-refractivity contribution in [3.05, 3.63) is 35.9 Å². The molecule has 1 aliphatic heterocycles. The Hall–Kier alpha value is -1.07. The number of nitrogens with zero attached hydrogens (tertiary/aromatic N) is 1. The van der Waals surface area contributed by atoms with Crippen LogP contribution in [0.3, 0.4) is 0 Å². The fourth-order valence-electron chi connectivity index (χ4n) is 2.95. The summed E-state index contributed by atoms with van der Waals surface area (Å²) in [5.41, 5.74) is 0.712. The van der Waals surface area contributed by atoms with Gasteiger partial charge in [0.25, 0.3) is 0 Å². The van der Waals surface area contributed by atoms with E-state index >= 15 is 0 Å². The molecule has 5 heteroatoms. The minimum Gasteiger partial charge on any atom is -0.306 e. The number of alkyl halides is 3. The lowest BCUT2D eigenvalue weighted by atomic mass is 9.99. The Kier molecular flexibility index (Phi) is 5.65. The molecule has 0 aromatic heterocycles. The van der Waals surface area contributed by atoms with E-state index in [1.807, 2.05) is 6.07 Å². The summed E-state index contributed by atoms with van der Waals surface area (Å²) in [6.07, 6.45) is -3.00. The maximum atomic E-state index is 12.8. The van der Waals surface area contributed by atoms with Crippen LogP contribution < -0.4 is 5.32 Å². The van der Waals surface area contributed by atoms with Crippen molar-refractivity contribution in [2.45, 2.75) is 44.4 Å². The summed E-state index contributed by atoms with van der Waals surface area (Å²) in [7, 11) is 0. The Labute approximate surface area is 124 Å². The Morgan fingerprint density at radius 2 is 2.00 bits per heavy atom. The second-order valence-corrected chi connectivity index (χ2v) is 5.68. The van der Waals surface area contributed by atoms with Gasteiger partial charge in [-0.05, 0) is 31.5 Å². The number of likely N-dealkylation sites (N-methyl/N-ethyl adjacent to an activating group) is 1. The molecule has 2 rings (SSSR count). The molecule has 0 aliphatic carbocycles. The van der Waals surface area contributed by atoms with E-state index in [-0.39, 0.29) is 6.04 Å². The van der Waals surface area contributed by atoms with Crippen LogP contribution in [0.4, 0.5) is 13.2 Å². The number of rotatable bonds is 5. The second-order valence-electron chi connectivity index (χ2n) is 5.68. The third-order valence-corrected chi connectivity index (χ3v) is 4.03. The van der Waals surface area contributed by atoms with Gasteiger partial charge < -0.3 is 10.2 Å². The number of hydrogen-bond donors (Lipinski definition) is 1. The summed E-state index contributed by atoms with van der Waals surface area (Å²) < 4.78 is 38.5. The Bertz CT molecular complexity index is 419. The molecule has 0 bridgehead atoms. The van der Waals surface area contributed by atoms with E-state index in [9.17, 15) is 13.2 Å². The Morgan fingerprint density at radius 1 is 1.29 bits per heavy atom. The van der Waals surface area contributed by atoms with Crippen LogP contribution in [-0.4, -0.2) is 36.8 Å². The molecule has 0 spiro atoms. The zero-order valence-electron chi connectivity index (χ0n) is 12.4.